The molecule has 94 valence electrons. The molecular weight excluding hydrogens is 214 g/mol. The van der Waals surface area contributed by atoms with Gasteiger partial charge in [-0.15, -0.1) is 0 Å². The van der Waals surface area contributed by atoms with E-state index in [1.54, 1.807) is 0 Å². The molecule has 0 amide bonds. The molecule has 1 N–H and O–H groups in total. The van der Waals surface area contributed by atoms with Gasteiger partial charge >= 0.3 is 0 Å². The minimum atomic E-state index is 0.505. The van der Waals surface area contributed by atoms with E-state index in [1.807, 2.05) is 7.05 Å². The zero-order chi connectivity index (χ0) is 11.7. The van der Waals surface area contributed by atoms with E-state index >= 15 is 0 Å². The first-order valence-corrected chi connectivity index (χ1v) is 6.86. The quantitative estimate of drug-likeness (QED) is 0.850. The molecule has 1 aromatic rings. The molecule has 1 heterocycles. The van der Waals surface area contributed by atoms with Crippen LogP contribution in [0.4, 0.5) is 0 Å². The molecule has 4 heteroatoms. The van der Waals surface area contributed by atoms with Crippen LogP contribution in [0, 0.1) is 5.92 Å². The first kappa shape index (κ1) is 11.2. The van der Waals surface area contributed by atoms with E-state index in [0.29, 0.717) is 12.0 Å². The smallest absolute Gasteiger partial charge is 0.228 e. The minimum Gasteiger partial charge on any atom is -0.339 e. The van der Waals surface area contributed by atoms with Gasteiger partial charge in [0, 0.05) is 18.4 Å². The number of nitrogens with one attached hydrogen (secondary N) is 1. The van der Waals surface area contributed by atoms with Crippen LogP contribution in [0.25, 0.3) is 0 Å². The third-order valence-corrected chi connectivity index (χ3v) is 4.16. The van der Waals surface area contributed by atoms with Gasteiger partial charge in [0.05, 0.1) is 0 Å². The molecule has 0 saturated heterocycles. The largest absolute Gasteiger partial charge is 0.339 e. The molecule has 0 radical (unpaired) electrons. The van der Waals surface area contributed by atoms with Crippen LogP contribution in [0.5, 0.6) is 0 Å². The molecule has 2 aliphatic rings. The van der Waals surface area contributed by atoms with Crippen LogP contribution in [-0.4, -0.2) is 23.2 Å². The number of rotatable bonds is 5. The van der Waals surface area contributed by atoms with Crippen molar-refractivity contribution < 1.29 is 4.52 Å². The molecule has 17 heavy (non-hydrogen) atoms. The summed E-state index contributed by atoms with van der Waals surface area (Å²) in [5.41, 5.74) is 0. The van der Waals surface area contributed by atoms with E-state index in [1.165, 1.54) is 38.5 Å². The van der Waals surface area contributed by atoms with Crippen LogP contribution < -0.4 is 5.32 Å². The molecule has 3 rings (SSSR count). The van der Waals surface area contributed by atoms with Crippen molar-refractivity contribution in [3.8, 4) is 0 Å². The van der Waals surface area contributed by atoms with E-state index in [-0.39, 0.29) is 0 Å². The minimum absolute atomic E-state index is 0.505. The number of likely N-dealkylation sites (N-methyl/N-ethyl adjacent to an activating group) is 1. The number of aromatic nitrogens is 2. The SMILES string of the molecule is CNC(Cc1nc(C2CC2)no1)C1CCCC1. The number of nitrogens with zero attached hydrogens (tertiary/aromatic N) is 2. The van der Waals surface area contributed by atoms with Crippen molar-refractivity contribution in [1.82, 2.24) is 15.5 Å². The normalized spacial score (nSPS) is 23.1. The van der Waals surface area contributed by atoms with E-state index < -0.39 is 0 Å². The predicted octanol–water partition coefficient (Wildman–Crippen LogP) is 2.27. The second-order valence-electron chi connectivity index (χ2n) is 5.46. The molecule has 2 fully saturated rings. The van der Waals surface area contributed by atoms with Crippen molar-refractivity contribution in [2.75, 3.05) is 7.05 Å². The Morgan fingerprint density at radius 1 is 1.29 bits per heavy atom. The van der Waals surface area contributed by atoms with Crippen LogP contribution in [0.1, 0.15) is 56.2 Å². The standard InChI is InChI=1S/C13H21N3O/c1-14-11(9-4-2-3-5-9)8-12-15-13(16-17-12)10-6-7-10/h9-11,14H,2-8H2,1H3. The summed E-state index contributed by atoms with van der Waals surface area (Å²) < 4.78 is 5.36. The summed E-state index contributed by atoms with van der Waals surface area (Å²) in [6, 6.07) is 0.505. The molecule has 0 aromatic carbocycles. The molecule has 0 spiro atoms. The Labute approximate surface area is 102 Å². The number of hydrogen-bond donors (Lipinski definition) is 1. The lowest BCUT2D eigenvalue weighted by Gasteiger charge is -2.20. The Kier molecular flexibility index (Phi) is 3.14. The van der Waals surface area contributed by atoms with Crippen LogP contribution in [-0.2, 0) is 6.42 Å². The Hall–Kier alpha value is -0.900. The third-order valence-electron chi connectivity index (χ3n) is 4.16. The van der Waals surface area contributed by atoms with Gasteiger partial charge in [0.25, 0.3) is 0 Å². The second-order valence-corrected chi connectivity index (χ2v) is 5.46. The van der Waals surface area contributed by atoms with Crippen molar-refractivity contribution >= 4 is 0 Å². The highest BCUT2D eigenvalue weighted by atomic mass is 16.5. The molecule has 0 bridgehead atoms. The first-order valence-electron chi connectivity index (χ1n) is 6.86. The highest BCUT2D eigenvalue weighted by molar-refractivity contribution is 5.04. The third kappa shape index (κ3) is 2.51. The van der Waals surface area contributed by atoms with Crippen LogP contribution >= 0.6 is 0 Å². The van der Waals surface area contributed by atoms with Gasteiger partial charge in [-0.05, 0) is 38.6 Å². The van der Waals surface area contributed by atoms with Crippen LogP contribution in [0.15, 0.2) is 4.52 Å². The van der Waals surface area contributed by atoms with Gasteiger partial charge in [-0.2, -0.15) is 4.98 Å². The molecule has 4 nitrogen and oxygen atoms in total. The zero-order valence-corrected chi connectivity index (χ0v) is 10.5. The van der Waals surface area contributed by atoms with Gasteiger partial charge in [0.15, 0.2) is 5.82 Å². The summed E-state index contributed by atoms with van der Waals surface area (Å²) in [7, 11) is 2.04. The molecular formula is C13H21N3O. The lowest BCUT2D eigenvalue weighted by Crippen LogP contribution is -2.34. The highest BCUT2D eigenvalue weighted by Gasteiger charge is 2.30. The molecule has 0 aliphatic heterocycles. The van der Waals surface area contributed by atoms with Gasteiger partial charge in [-0.25, -0.2) is 0 Å². The van der Waals surface area contributed by atoms with E-state index in [2.05, 4.69) is 15.5 Å². The monoisotopic (exact) mass is 235 g/mol. The van der Waals surface area contributed by atoms with Crippen LogP contribution in [0.3, 0.4) is 0 Å². The van der Waals surface area contributed by atoms with Gasteiger partial charge < -0.3 is 9.84 Å². The maximum Gasteiger partial charge on any atom is 0.228 e. The first-order chi connectivity index (χ1) is 8.36. The Morgan fingerprint density at radius 3 is 2.71 bits per heavy atom. The highest BCUT2D eigenvalue weighted by Crippen LogP contribution is 2.38. The lowest BCUT2D eigenvalue weighted by molar-refractivity contribution is 0.317. The molecule has 1 atom stereocenters. The van der Waals surface area contributed by atoms with Gasteiger partial charge in [-0.3, -0.25) is 0 Å². The predicted molar refractivity (Wildman–Crippen MR) is 64.8 cm³/mol. The van der Waals surface area contributed by atoms with Crippen molar-refractivity contribution in [3.05, 3.63) is 11.7 Å². The zero-order valence-electron chi connectivity index (χ0n) is 10.5. The average Bonchev–Trinajstić information content (AvgIpc) is 2.89. The van der Waals surface area contributed by atoms with E-state index in [0.717, 1.165) is 24.1 Å². The fourth-order valence-corrected chi connectivity index (χ4v) is 2.91. The maximum absolute atomic E-state index is 5.36. The molecule has 1 aromatic heterocycles. The fourth-order valence-electron chi connectivity index (χ4n) is 2.91. The summed E-state index contributed by atoms with van der Waals surface area (Å²) in [5.74, 6) is 3.13. The van der Waals surface area contributed by atoms with E-state index in [4.69, 9.17) is 4.52 Å². The van der Waals surface area contributed by atoms with Crippen molar-refractivity contribution in [3.63, 3.8) is 0 Å². The average molecular weight is 235 g/mol. The number of hydrogen-bond acceptors (Lipinski definition) is 4. The molecule has 2 aliphatic carbocycles. The van der Waals surface area contributed by atoms with Gasteiger partial charge in [-0.1, -0.05) is 18.0 Å². The summed E-state index contributed by atoms with van der Waals surface area (Å²) in [4.78, 5) is 4.51. The second kappa shape index (κ2) is 4.77. The summed E-state index contributed by atoms with van der Waals surface area (Å²) in [5, 5.41) is 7.50. The van der Waals surface area contributed by atoms with Crippen LogP contribution in [0.2, 0.25) is 0 Å². The van der Waals surface area contributed by atoms with Gasteiger partial charge in [0.1, 0.15) is 0 Å². The summed E-state index contributed by atoms with van der Waals surface area (Å²) in [6.45, 7) is 0. The van der Waals surface area contributed by atoms with E-state index in [9.17, 15) is 0 Å². The fraction of sp³-hybridized carbons (Fsp3) is 0.846. The topological polar surface area (TPSA) is 51.0 Å². The van der Waals surface area contributed by atoms with Crippen molar-refractivity contribution in [2.45, 2.75) is 56.9 Å². The maximum atomic E-state index is 5.36. The molecule has 2 saturated carbocycles. The Morgan fingerprint density at radius 2 is 2.06 bits per heavy atom. The van der Waals surface area contributed by atoms with Gasteiger partial charge in [0.2, 0.25) is 5.89 Å². The molecule has 1 unspecified atom stereocenters. The summed E-state index contributed by atoms with van der Waals surface area (Å²) in [6.07, 6.45) is 8.79. The Balaban J connectivity index is 1.62. The Bertz CT molecular complexity index is 366. The summed E-state index contributed by atoms with van der Waals surface area (Å²) >= 11 is 0. The van der Waals surface area contributed by atoms with Crippen molar-refractivity contribution in [2.24, 2.45) is 5.92 Å². The lowest BCUT2D eigenvalue weighted by atomic mass is 9.95. The van der Waals surface area contributed by atoms with Crippen molar-refractivity contribution in [1.29, 1.82) is 0 Å².